The van der Waals surface area contributed by atoms with Gasteiger partial charge < -0.3 is 34.9 Å². The number of allylic oxidation sites excluding steroid dienone is 1. The standard InChI is InChI=1S/C43H51N9O6/c1-24(2)36(49-42(55)57-5)40(53)51-17-7-9-34(51)32-20-29(21-44-32)26-11-13-27(14-12-26)38-45-22-30-19-28(15-16-31(30)47-38)33-23-46-39(48-33)35-10-8-18-52(35)41(54)37(25(3)4)50-43(56)58-6/h11-16,19,21-25,34-37H,7-10,17-18,20H2,1-6H3,(H,46,48)(H,49,55)(H,50,56)/t34-,35-,36-,37-/m0/s1. The molecule has 3 aliphatic rings. The quantitative estimate of drug-likeness (QED) is 0.157. The monoisotopic (exact) mass is 789 g/mol. The molecule has 15 heteroatoms. The molecule has 0 radical (unpaired) electrons. The van der Waals surface area contributed by atoms with E-state index in [1.165, 1.54) is 14.2 Å². The Morgan fingerprint density at radius 3 is 1.97 bits per heavy atom. The Labute approximate surface area is 337 Å². The summed E-state index contributed by atoms with van der Waals surface area (Å²) in [4.78, 5) is 77.2. The van der Waals surface area contributed by atoms with Gasteiger partial charge in [-0.05, 0) is 60.8 Å². The summed E-state index contributed by atoms with van der Waals surface area (Å²) >= 11 is 0. The molecule has 2 fully saturated rings. The second-order valence-corrected chi connectivity index (χ2v) is 15.8. The van der Waals surface area contributed by atoms with Crippen molar-refractivity contribution in [2.24, 2.45) is 16.8 Å². The first-order valence-corrected chi connectivity index (χ1v) is 19.9. The van der Waals surface area contributed by atoms with Gasteiger partial charge in [0.05, 0.1) is 43.7 Å². The fraction of sp³-hybridized carbons (Fsp3) is 0.442. The number of benzene rings is 2. The van der Waals surface area contributed by atoms with E-state index < -0.39 is 24.3 Å². The highest BCUT2D eigenvalue weighted by Gasteiger charge is 2.39. The summed E-state index contributed by atoms with van der Waals surface area (Å²) < 4.78 is 9.53. The number of alkyl carbamates (subject to hydrolysis) is 2. The van der Waals surface area contributed by atoms with Crippen LogP contribution in [0.25, 0.3) is 39.1 Å². The van der Waals surface area contributed by atoms with Crippen LogP contribution in [0, 0.1) is 11.8 Å². The lowest BCUT2D eigenvalue weighted by atomic mass is 9.97. The van der Waals surface area contributed by atoms with E-state index in [2.05, 4.69) is 32.7 Å². The van der Waals surface area contributed by atoms with Crippen molar-refractivity contribution in [3.05, 3.63) is 72.4 Å². The van der Waals surface area contributed by atoms with Gasteiger partial charge in [0.15, 0.2) is 5.82 Å². The van der Waals surface area contributed by atoms with E-state index in [-0.39, 0.29) is 35.7 Å². The first-order chi connectivity index (χ1) is 27.9. The number of hydrogen-bond acceptors (Lipinski definition) is 10. The van der Waals surface area contributed by atoms with Gasteiger partial charge >= 0.3 is 12.2 Å². The summed E-state index contributed by atoms with van der Waals surface area (Å²) in [5.74, 6) is 0.843. The number of imidazole rings is 1. The Hall–Kier alpha value is -6.12. The molecule has 2 aromatic heterocycles. The number of aliphatic imine (C=N–C) groups is 1. The lowest BCUT2D eigenvalue weighted by molar-refractivity contribution is -0.135. The molecule has 0 unspecified atom stereocenters. The lowest BCUT2D eigenvalue weighted by Gasteiger charge is -2.31. The molecule has 0 spiro atoms. The Morgan fingerprint density at radius 1 is 0.759 bits per heavy atom. The topological polar surface area (TPSA) is 184 Å². The molecular weight excluding hydrogens is 739 g/mol. The van der Waals surface area contributed by atoms with Crippen LogP contribution in [-0.4, -0.2) is 105 Å². The van der Waals surface area contributed by atoms with E-state index in [1.807, 2.05) is 75.3 Å². The van der Waals surface area contributed by atoms with Gasteiger partial charge in [0, 0.05) is 54.1 Å². The van der Waals surface area contributed by atoms with Crippen LogP contribution in [-0.2, 0) is 19.1 Å². The second kappa shape index (κ2) is 17.2. The Bertz CT molecular complexity index is 2250. The molecule has 0 saturated carbocycles. The third-order valence-electron chi connectivity index (χ3n) is 11.3. The number of aromatic amines is 1. The van der Waals surface area contributed by atoms with Gasteiger partial charge in [0.2, 0.25) is 11.8 Å². The maximum Gasteiger partial charge on any atom is 0.407 e. The maximum absolute atomic E-state index is 13.6. The average molecular weight is 790 g/mol. The number of nitrogens with one attached hydrogen (secondary N) is 3. The molecule has 3 N–H and O–H groups in total. The van der Waals surface area contributed by atoms with E-state index in [0.29, 0.717) is 31.2 Å². The van der Waals surface area contributed by atoms with Gasteiger partial charge in [-0.15, -0.1) is 0 Å². The largest absolute Gasteiger partial charge is 0.453 e. The number of hydrogen-bond donors (Lipinski definition) is 3. The van der Waals surface area contributed by atoms with Gasteiger partial charge in [-0.3, -0.25) is 14.6 Å². The number of rotatable bonds is 11. The van der Waals surface area contributed by atoms with Crippen LogP contribution >= 0.6 is 0 Å². The molecule has 304 valence electrons. The average Bonchev–Trinajstić information content (AvgIpc) is 4.07. The highest BCUT2D eigenvalue weighted by molar-refractivity contribution is 6.04. The van der Waals surface area contributed by atoms with E-state index >= 15 is 0 Å². The summed E-state index contributed by atoms with van der Waals surface area (Å²) in [6.45, 7) is 8.82. The SMILES string of the molecule is COC(=O)N[C@H](C(=O)N1CCC[C@H]1C1=NC=C(c2ccc(-c3ncc4cc(-c5cnc([C@@H]6CCCN6C(=O)[C@@H](NC(=O)OC)C(C)C)[nH]5)ccc4n3)cc2)C1)C(C)C. The van der Waals surface area contributed by atoms with Gasteiger partial charge in [0.1, 0.15) is 17.9 Å². The van der Waals surface area contributed by atoms with Crippen LogP contribution in [0.4, 0.5) is 9.59 Å². The molecule has 4 amide bonds. The zero-order chi connectivity index (χ0) is 41.1. The van der Waals surface area contributed by atoms with E-state index in [1.54, 1.807) is 11.1 Å². The molecular formula is C43H51N9O6. The molecule has 2 saturated heterocycles. The lowest BCUT2D eigenvalue weighted by Crippen LogP contribution is -2.53. The molecule has 7 rings (SSSR count). The summed E-state index contributed by atoms with van der Waals surface area (Å²) in [6.07, 6.45) is 8.20. The number of aromatic nitrogens is 4. The predicted molar refractivity (Wildman–Crippen MR) is 219 cm³/mol. The minimum absolute atomic E-state index is 0.0938. The number of amides is 4. The molecule has 4 atom stereocenters. The Balaban J connectivity index is 0.995. The Kier molecular flexibility index (Phi) is 11.9. The summed E-state index contributed by atoms with van der Waals surface area (Å²) in [5.41, 5.74) is 6.49. The van der Waals surface area contributed by atoms with Crippen LogP contribution in [0.15, 0.2) is 66.1 Å². The number of carbonyl (C=O) groups is 4. The number of carbonyl (C=O) groups excluding carboxylic acids is 4. The highest BCUT2D eigenvalue weighted by atomic mass is 16.5. The third kappa shape index (κ3) is 8.29. The minimum atomic E-state index is -0.699. The van der Waals surface area contributed by atoms with Crippen molar-refractivity contribution in [1.29, 1.82) is 0 Å². The molecule has 0 aliphatic carbocycles. The maximum atomic E-state index is 13.6. The van der Waals surface area contributed by atoms with Crippen molar-refractivity contribution in [3.8, 4) is 22.6 Å². The zero-order valence-electron chi connectivity index (χ0n) is 33.8. The van der Waals surface area contributed by atoms with Gasteiger partial charge in [-0.25, -0.2) is 24.5 Å². The van der Waals surface area contributed by atoms with Crippen LogP contribution in [0.2, 0.25) is 0 Å². The number of methoxy groups -OCH3 is 2. The van der Waals surface area contributed by atoms with Crippen molar-refractivity contribution in [3.63, 3.8) is 0 Å². The Morgan fingerprint density at radius 2 is 1.34 bits per heavy atom. The van der Waals surface area contributed by atoms with Crippen molar-refractivity contribution in [1.82, 2.24) is 40.4 Å². The first kappa shape index (κ1) is 40.1. The smallest absolute Gasteiger partial charge is 0.407 e. The number of H-pyrrole nitrogens is 1. The van der Waals surface area contributed by atoms with Crippen LogP contribution in [0.1, 0.15) is 77.2 Å². The number of ether oxygens (including phenoxy) is 2. The number of likely N-dealkylation sites (tertiary alicyclic amines) is 2. The van der Waals surface area contributed by atoms with E-state index in [4.69, 9.17) is 24.4 Å². The van der Waals surface area contributed by atoms with Crippen molar-refractivity contribution in [2.45, 2.75) is 84.0 Å². The van der Waals surface area contributed by atoms with Crippen molar-refractivity contribution in [2.75, 3.05) is 27.3 Å². The summed E-state index contributed by atoms with van der Waals surface area (Å²) in [6, 6.07) is 12.4. The third-order valence-corrected chi connectivity index (χ3v) is 11.3. The fourth-order valence-electron chi connectivity index (χ4n) is 8.10. The molecule has 2 aromatic carbocycles. The summed E-state index contributed by atoms with van der Waals surface area (Å²) in [7, 11) is 2.58. The van der Waals surface area contributed by atoms with E-state index in [9.17, 15) is 19.2 Å². The molecule has 58 heavy (non-hydrogen) atoms. The van der Waals surface area contributed by atoms with Crippen molar-refractivity contribution >= 4 is 46.2 Å². The fourth-order valence-corrected chi connectivity index (χ4v) is 8.10. The second-order valence-electron chi connectivity index (χ2n) is 15.8. The molecule has 5 heterocycles. The highest BCUT2D eigenvalue weighted by Crippen LogP contribution is 2.34. The summed E-state index contributed by atoms with van der Waals surface area (Å²) in [5, 5.41) is 6.28. The molecule has 3 aliphatic heterocycles. The minimum Gasteiger partial charge on any atom is -0.453 e. The molecule has 4 aromatic rings. The molecule has 15 nitrogen and oxygen atoms in total. The number of fused-ring (bicyclic) bond motifs is 1. The van der Waals surface area contributed by atoms with E-state index in [0.717, 1.165) is 70.3 Å². The van der Waals surface area contributed by atoms with Gasteiger partial charge in [-0.2, -0.15) is 0 Å². The normalized spacial score (nSPS) is 19.0. The number of nitrogens with zero attached hydrogens (tertiary/aromatic N) is 6. The van der Waals surface area contributed by atoms with Gasteiger partial charge in [-0.1, -0.05) is 58.0 Å². The van der Waals surface area contributed by atoms with Crippen LogP contribution < -0.4 is 10.6 Å². The predicted octanol–water partition coefficient (Wildman–Crippen LogP) is 6.29. The first-order valence-electron chi connectivity index (χ1n) is 19.9. The van der Waals surface area contributed by atoms with Crippen LogP contribution in [0.3, 0.4) is 0 Å². The van der Waals surface area contributed by atoms with Crippen LogP contribution in [0.5, 0.6) is 0 Å². The molecule has 0 bridgehead atoms. The van der Waals surface area contributed by atoms with Crippen molar-refractivity contribution < 1.29 is 28.7 Å². The van der Waals surface area contributed by atoms with Gasteiger partial charge in [0.25, 0.3) is 0 Å². The zero-order valence-corrected chi connectivity index (χ0v) is 33.8.